The maximum Gasteiger partial charge on any atom is 0.295 e. The first-order valence-electron chi connectivity index (χ1n) is 13.7. The number of aromatic nitrogens is 5. The van der Waals surface area contributed by atoms with E-state index in [0.29, 0.717) is 42.2 Å². The lowest BCUT2D eigenvalue weighted by molar-refractivity contribution is -0.0607. The average molecular weight is 626 g/mol. The molecule has 0 radical (unpaired) electrons. The van der Waals surface area contributed by atoms with Crippen molar-refractivity contribution in [2.24, 2.45) is 0 Å². The Kier molecular flexibility index (Phi) is 7.41. The van der Waals surface area contributed by atoms with Crippen molar-refractivity contribution in [1.82, 2.24) is 24.5 Å². The number of furan rings is 1. The fourth-order valence-corrected chi connectivity index (χ4v) is 6.09. The molecule has 0 amide bonds. The summed E-state index contributed by atoms with van der Waals surface area (Å²) in [6.07, 6.45) is 6.20. The van der Waals surface area contributed by atoms with Gasteiger partial charge in [-0.15, -0.1) is 0 Å². The van der Waals surface area contributed by atoms with Crippen LogP contribution in [0.4, 0.5) is 26.0 Å². The lowest BCUT2D eigenvalue weighted by Gasteiger charge is -2.23. The summed E-state index contributed by atoms with van der Waals surface area (Å²) in [5.41, 5.74) is 0.600. The molecule has 1 unspecified atom stereocenters. The molecule has 0 bridgehead atoms. The number of anilines is 3. The number of imidazole rings is 1. The zero-order valence-electron chi connectivity index (χ0n) is 22.9. The number of halogens is 2. The Labute approximate surface area is 249 Å². The van der Waals surface area contributed by atoms with Gasteiger partial charge in [-0.25, -0.2) is 28.7 Å². The van der Waals surface area contributed by atoms with Gasteiger partial charge in [0.1, 0.15) is 41.1 Å². The van der Waals surface area contributed by atoms with Gasteiger partial charge in [-0.1, -0.05) is 0 Å². The minimum absolute atomic E-state index is 0.0565. The summed E-state index contributed by atoms with van der Waals surface area (Å²) in [7, 11) is -4.40. The van der Waals surface area contributed by atoms with Crippen molar-refractivity contribution >= 4 is 38.4 Å². The maximum atomic E-state index is 15.7. The Hall–Kier alpha value is -4.51. The summed E-state index contributed by atoms with van der Waals surface area (Å²) in [5.74, 6) is -1.99. The largest absolute Gasteiger partial charge is 0.442 e. The molecule has 7 rings (SSSR count). The number of fused-ring (bicyclic) bond motifs is 1. The molecule has 13 nitrogen and oxygen atoms in total. The number of hydrogen-bond acceptors (Lipinski definition) is 11. The Morgan fingerprint density at radius 1 is 0.932 bits per heavy atom. The van der Waals surface area contributed by atoms with Crippen LogP contribution < -0.4 is 10.0 Å². The highest BCUT2D eigenvalue weighted by Crippen LogP contribution is 2.36. The second-order valence-electron chi connectivity index (χ2n) is 10.0. The molecule has 2 aliphatic rings. The number of benzene rings is 1. The highest BCUT2D eigenvalue weighted by Gasteiger charge is 2.28. The van der Waals surface area contributed by atoms with E-state index in [4.69, 9.17) is 18.6 Å². The van der Waals surface area contributed by atoms with Gasteiger partial charge < -0.3 is 23.9 Å². The average Bonchev–Trinajstić information content (AvgIpc) is 3.82. The van der Waals surface area contributed by atoms with Crippen molar-refractivity contribution in [2.45, 2.75) is 36.9 Å². The van der Waals surface area contributed by atoms with Crippen LogP contribution in [0.1, 0.15) is 37.5 Å². The normalized spacial score (nSPS) is 17.7. The molecule has 2 saturated heterocycles. The predicted octanol–water partition coefficient (Wildman–Crippen LogP) is 5.05. The van der Waals surface area contributed by atoms with Crippen LogP contribution in [0.3, 0.4) is 0 Å². The van der Waals surface area contributed by atoms with Crippen molar-refractivity contribution < 1.29 is 35.8 Å². The minimum Gasteiger partial charge on any atom is -0.442 e. The van der Waals surface area contributed by atoms with Gasteiger partial charge in [0.2, 0.25) is 11.4 Å². The van der Waals surface area contributed by atoms with Gasteiger partial charge in [0, 0.05) is 18.4 Å². The van der Waals surface area contributed by atoms with Crippen molar-refractivity contribution in [3.8, 4) is 11.3 Å². The minimum atomic E-state index is -4.40. The van der Waals surface area contributed by atoms with Crippen LogP contribution in [0.15, 0.2) is 64.8 Å². The Balaban J connectivity index is 1.19. The van der Waals surface area contributed by atoms with Gasteiger partial charge in [0.25, 0.3) is 10.0 Å². The number of hydrogen-bond donors (Lipinski definition) is 2. The van der Waals surface area contributed by atoms with Crippen LogP contribution in [0.5, 0.6) is 0 Å². The number of sulfonamides is 1. The maximum absolute atomic E-state index is 15.7. The highest BCUT2D eigenvalue weighted by molar-refractivity contribution is 7.92. The van der Waals surface area contributed by atoms with E-state index in [9.17, 15) is 8.42 Å². The van der Waals surface area contributed by atoms with Gasteiger partial charge >= 0.3 is 0 Å². The Morgan fingerprint density at radius 3 is 2.61 bits per heavy atom. The molecule has 2 aliphatic heterocycles. The quantitative estimate of drug-likeness (QED) is 0.238. The third-order valence-electron chi connectivity index (χ3n) is 7.19. The van der Waals surface area contributed by atoms with Crippen LogP contribution in [0.2, 0.25) is 0 Å². The number of rotatable bonds is 8. The summed E-state index contributed by atoms with van der Waals surface area (Å²) < 4.78 is 82.6. The van der Waals surface area contributed by atoms with Crippen molar-refractivity contribution in [3.05, 3.63) is 72.6 Å². The molecule has 16 heteroatoms. The van der Waals surface area contributed by atoms with Crippen molar-refractivity contribution in [3.63, 3.8) is 0 Å². The fraction of sp³-hybridized carbons (Fsp3) is 0.286. The molecule has 0 saturated carbocycles. The van der Waals surface area contributed by atoms with Crippen LogP contribution in [0, 0.1) is 11.6 Å². The van der Waals surface area contributed by atoms with E-state index in [1.165, 1.54) is 24.7 Å². The van der Waals surface area contributed by atoms with E-state index in [2.05, 4.69) is 30.0 Å². The van der Waals surface area contributed by atoms with Crippen LogP contribution >= 0.6 is 0 Å². The smallest absolute Gasteiger partial charge is 0.295 e. The van der Waals surface area contributed by atoms with Gasteiger partial charge in [0.15, 0.2) is 17.2 Å². The van der Waals surface area contributed by atoms with Gasteiger partial charge in [-0.2, -0.15) is 8.42 Å². The van der Waals surface area contributed by atoms with Gasteiger partial charge in [0.05, 0.1) is 25.2 Å². The predicted molar refractivity (Wildman–Crippen MR) is 151 cm³/mol. The number of nitrogens with zero attached hydrogens (tertiary/aromatic N) is 5. The first-order chi connectivity index (χ1) is 21.4. The number of pyridine rings is 1. The van der Waals surface area contributed by atoms with E-state index in [1.54, 1.807) is 18.5 Å². The molecule has 5 aromatic rings. The van der Waals surface area contributed by atoms with Crippen LogP contribution in [-0.2, 0) is 24.2 Å². The third kappa shape index (κ3) is 5.25. The molecule has 2 fully saturated rings. The van der Waals surface area contributed by atoms with E-state index < -0.39 is 44.4 Å². The summed E-state index contributed by atoms with van der Waals surface area (Å²) in [6, 6.07) is 7.78. The molecule has 6 heterocycles. The van der Waals surface area contributed by atoms with Gasteiger partial charge in [-0.3, -0.25) is 9.29 Å². The number of ether oxygens (including phenoxy) is 3. The van der Waals surface area contributed by atoms with Crippen LogP contribution in [-0.4, -0.2) is 52.7 Å². The number of nitrogens with one attached hydrogen (secondary N) is 2. The van der Waals surface area contributed by atoms with Gasteiger partial charge in [-0.05, 0) is 55.7 Å². The molecule has 0 spiro atoms. The van der Waals surface area contributed by atoms with E-state index in [-0.39, 0.29) is 17.8 Å². The molecule has 1 aromatic carbocycles. The zero-order valence-corrected chi connectivity index (χ0v) is 23.8. The van der Waals surface area contributed by atoms with E-state index >= 15 is 8.78 Å². The standard InChI is InChI=1S/C28H25F2N7O6S/c29-17-6-7-18(36-44(38,39)21-9-8-19(43-21)28-41-12-13-42-28)22(30)24(17)35-26-16(4-3-10-31-26)23-25-27(33-14-32-23)37(15-34-25)20-5-1-2-11-40-20/h3-4,6-10,14-15,20,28,36H,1-2,5,11-13H2,(H,31,35). The summed E-state index contributed by atoms with van der Waals surface area (Å²) >= 11 is 0. The van der Waals surface area contributed by atoms with Crippen LogP contribution in [0.25, 0.3) is 22.4 Å². The molecular formula is C28H25F2N7O6S. The molecule has 1 atom stereocenters. The zero-order chi connectivity index (χ0) is 30.3. The lowest BCUT2D eigenvalue weighted by Crippen LogP contribution is -2.17. The van der Waals surface area contributed by atoms with Crippen molar-refractivity contribution in [1.29, 1.82) is 0 Å². The Morgan fingerprint density at radius 2 is 1.80 bits per heavy atom. The van der Waals surface area contributed by atoms with Crippen molar-refractivity contribution in [2.75, 3.05) is 29.9 Å². The molecule has 228 valence electrons. The molecule has 44 heavy (non-hydrogen) atoms. The first kappa shape index (κ1) is 28.3. The fourth-order valence-electron chi connectivity index (χ4n) is 5.09. The summed E-state index contributed by atoms with van der Waals surface area (Å²) in [6.45, 7) is 1.31. The molecule has 0 aliphatic carbocycles. The second kappa shape index (κ2) is 11.5. The third-order valence-corrected chi connectivity index (χ3v) is 8.43. The monoisotopic (exact) mass is 625 g/mol. The summed E-state index contributed by atoms with van der Waals surface area (Å²) in [4.78, 5) is 17.6. The highest BCUT2D eigenvalue weighted by atomic mass is 32.2. The topological polar surface area (TPSA) is 156 Å². The molecular weight excluding hydrogens is 600 g/mol. The molecule has 4 aromatic heterocycles. The van der Waals surface area contributed by atoms with E-state index in [0.717, 1.165) is 31.4 Å². The lowest BCUT2D eigenvalue weighted by atomic mass is 10.1. The summed E-state index contributed by atoms with van der Waals surface area (Å²) in [5, 5.41) is 2.18. The van der Waals surface area contributed by atoms with E-state index in [1.807, 2.05) is 4.57 Å². The molecule has 2 N–H and O–H groups in total. The SMILES string of the molecule is O=S(=O)(Nc1ccc(F)c(Nc2ncccc2-c2ncnc3c2ncn3C2CCCCO2)c1F)c1ccc(C2OCCO2)o1. The second-order valence-corrected chi connectivity index (χ2v) is 11.6. The Bertz CT molecular complexity index is 1940. The first-order valence-corrected chi connectivity index (χ1v) is 15.2.